The zero-order chi connectivity index (χ0) is 24.1. The molecule has 2 heterocycles. The number of fused-ring (bicyclic) bond motifs is 1. The Labute approximate surface area is 204 Å². The highest BCUT2D eigenvalue weighted by atomic mass is 16.3. The van der Waals surface area contributed by atoms with Crippen LogP contribution in [-0.2, 0) is 10.4 Å². The molecular weight excluding hydrogens is 436 g/mol. The van der Waals surface area contributed by atoms with Gasteiger partial charge in [-0.15, -0.1) is 0 Å². The average Bonchev–Trinajstić information content (AvgIpc) is 2.93. The first-order valence-corrected chi connectivity index (χ1v) is 12.0. The first-order valence-electron chi connectivity index (χ1n) is 12.0. The molecule has 0 bridgehead atoms. The van der Waals surface area contributed by atoms with E-state index in [2.05, 4.69) is 15.4 Å². The zero-order valence-electron chi connectivity index (χ0n) is 19.5. The number of aromatic nitrogens is 1. The quantitative estimate of drug-likeness (QED) is 0.323. The fourth-order valence-electron chi connectivity index (χ4n) is 4.61. The van der Waals surface area contributed by atoms with Crippen LogP contribution >= 0.6 is 0 Å². The van der Waals surface area contributed by atoms with E-state index in [1.54, 1.807) is 54.7 Å². The van der Waals surface area contributed by atoms with Gasteiger partial charge in [-0.25, -0.2) is 10.4 Å². The number of rotatable bonds is 6. The monoisotopic (exact) mass is 464 g/mol. The van der Waals surface area contributed by atoms with Crippen LogP contribution in [0.25, 0.3) is 10.9 Å². The van der Waals surface area contributed by atoms with Crippen molar-refractivity contribution in [2.24, 2.45) is 5.10 Å². The number of hydrazone groups is 1. The van der Waals surface area contributed by atoms with Gasteiger partial charge in [0.2, 0.25) is 0 Å². The highest BCUT2D eigenvalue weighted by molar-refractivity contribution is 5.95. The van der Waals surface area contributed by atoms with Gasteiger partial charge in [0.25, 0.3) is 5.91 Å². The summed E-state index contributed by atoms with van der Waals surface area (Å²) in [5.74, 6) is 0.238. The van der Waals surface area contributed by atoms with Crippen molar-refractivity contribution < 1.29 is 9.90 Å². The van der Waals surface area contributed by atoms with Crippen LogP contribution < -0.4 is 10.3 Å². The summed E-state index contributed by atoms with van der Waals surface area (Å²) in [7, 11) is 0. The van der Waals surface area contributed by atoms with Crippen molar-refractivity contribution in [3.05, 3.63) is 108 Å². The van der Waals surface area contributed by atoms with Gasteiger partial charge in [-0.1, -0.05) is 78.9 Å². The Balaban J connectivity index is 1.47. The van der Waals surface area contributed by atoms with Gasteiger partial charge < -0.3 is 10.0 Å². The van der Waals surface area contributed by atoms with Crippen molar-refractivity contribution in [1.29, 1.82) is 0 Å². The van der Waals surface area contributed by atoms with Gasteiger partial charge in [0.05, 0.1) is 11.7 Å². The molecule has 1 fully saturated rings. The second kappa shape index (κ2) is 10.1. The van der Waals surface area contributed by atoms with Crippen molar-refractivity contribution in [3.8, 4) is 0 Å². The largest absolute Gasteiger partial charge is 0.372 e. The Morgan fingerprint density at radius 2 is 1.49 bits per heavy atom. The smallest absolute Gasteiger partial charge is 0.281 e. The van der Waals surface area contributed by atoms with E-state index in [4.69, 9.17) is 4.98 Å². The van der Waals surface area contributed by atoms with E-state index in [0.717, 1.165) is 48.2 Å². The number of carbonyl (C=O) groups excluding carboxylic acids is 1. The number of benzene rings is 3. The molecule has 1 aliphatic rings. The zero-order valence-corrected chi connectivity index (χ0v) is 19.5. The molecule has 3 aromatic carbocycles. The molecule has 5 rings (SSSR count). The molecule has 0 atom stereocenters. The number of hydrogen-bond acceptors (Lipinski definition) is 5. The lowest BCUT2D eigenvalue weighted by Crippen LogP contribution is -2.43. The Kier molecular flexibility index (Phi) is 6.55. The number of aliphatic hydroxyl groups is 1. The van der Waals surface area contributed by atoms with Crippen molar-refractivity contribution in [3.63, 3.8) is 0 Å². The molecule has 2 N–H and O–H groups in total. The third kappa shape index (κ3) is 4.66. The normalized spacial score (nSPS) is 14.4. The molecule has 0 saturated carbocycles. The van der Waals surface area contributed by atoms with Crippen LogP contribution in [0.3, 0.4) is 0 Å². The molecule has 0 unspecified atom stereocenters. The number of pyridine rings is 1. The summed E-state index contributed by atoms with van der Waals surface area (Å²) in [6.07, 6.45) is 5.10. The summed E-state index contributed by atoms with van der Waals surface area (Å²) >= 11 is 0. The lowest BCUT2D eigenvalue weighted by molar-refractivity contribution is -0.136. The molecule has 1 aliphatic heterocycles. The van der Waals surface area contributed by atoms with Gasteiger partial charge in [-0.3, -0.25) is 4.79 Å². The van der Waals surface area contributed by atoms with Crippen LogP contribution in [0, 0.1) is 0 Å². The third-order valence-electron chi connectivity index (χ3n) is 6.47. The summed E-state index contributed by atoms with van der Waals surface area (Å²) < 4.78 is 0. The number of amides is 1. The average molecular weight is 465 g/mol. The van der Waals surface area contributed by atoms with Crippen molar-refractivity contribution in [2.75, 3.05) is 18.0 Å². The second-order valence-corrected chi connectivity index (χ2v) is 8.78. The number of anilines is 1. The van der Waals surface area contributed by atoms with Gasteiger partial charge in [0, 0.05) is 24.0 Å². The number of carbonyl (C=O) groups is 1. The third-order valence-corrected chi connectivity index (χ3v) is 6.47. The summed E-state index contributed by atoms with van der Waals surface area (Å²) in [6.45, 7) is 1.89. The van der Waals surface area contributed by atoms with E-state index in [1.807, 2.05) is 42.5 Å². The number of nitrogens with one attached hydrogen (secondary N) is 1. The molecule has 1 saturated heterocycles. The minimum Gasteiger partial charge on any atom is -0.372 e. The predicted molar refractivity (Wildman–Crippen MR) is 139 cm³/mol. The molecule has 35 heavy (non-hydrogen) atoms. The lowest BCUT2D eigenvalue weighted by atomic mass is 9.85. The van der Waals surface area contributed by atoms with Gasteiger partial charge in [0.15, 0.2) is 5.60 Å². The van der Waals surface area contributed by atoms with Crippen molar-refractivity contribution in [2.45, 2.75) is 24.9 Å². The van der Waals surface area contributed by atoms with E-state index < -0.39 is 11.5 Å². The lowest BCUT2D eigenvalue weighted by Gasteiger charge is -2.29. The molecular formula is C29H28N4O2. The van der Waals surface area contributed by atoms with Crippen LogP contribution in [0.2, 0.25) is 0 Å². The molecule has 0 spiro atoms. The fraction of sp³-hybridized carbons (Fsp3) is 0.207. The maximum atomic E-state index is 13.4. The molecule has 1 amide bonds. The summed E-state index contributed by atoms with van der Waals surface area (Å²) in [6, 6.07) is 27.8. The van der Waals surface area contributed by atoms with Gasteiger partial charge in [-0.2, -0.15) is 5.10 Å². The van der Waals surface area contributed by atoms with Crippen LogP contribution in [0.5, 0.6) is 0 Å². The fourth-order valence-corrected chi connectivity index (χ4v) is 4.61. The highest BCUT2D eigenvalue weighted by Crippen LogP contribution is 2.30. The van der Waals surface area contributed by atoms with E-state index in [1.165, 1.54) is 6.42 Å². The molecule has 176 valence electrons. The van der Waals surface area contributed by atoms with Crippen LogP contribution in [0.1, 0.15) is 36.0 Å². The van der Waals surface area contributed by atoms with Crippen LogP contribution in [0.15, 0.2) is 96.1 Å². The number of piperidine rings is 1. The Morgan fingerprint density at radius 3 is 2.14 bits per heavy atom. The van der Waals surface area contributed by atoms with Crippen molar-refractivity contribution in [1.82, 2.24) is 10.4 Å². The number of para-hydroxylation sites is 1. The Hall–Kier alpha value is -4.03. The number of nitrogens with zero attached hydrogens (tertiary/aromatic N) is 3. The minimum atomic E-state index is -1.88. The molecule has 6 nitrogen and oxygen atoms in total. The topological polar surface area (TPSA) is 77.8 Å². The van der Waals surface area contributed by atoms with E-state index in [9.17, 15) is 9.90 Å². The highest BCUT2D eigenvalue weighted by Gasteiger charge is 2.39. The molecule has 1 aromatic heterocycles. The van der Waals surface area contributed by atoms with E-state index in [0.29, 0.717) is 11.1 Å². The second-order valence-electron chi connectivity index (χ2n) is 8.78. The van der Waals surface area contributed by atoms with Gasteiger partial charge >= 0.3 is 0 Å². The maximum absolute atomic E-state index is 13.4. The molecule has 4 aromatic rings. The SMILES string of the molecule is O=C(N/N=C/c1cc2ccccc2nc1N1CCCCC1)C(O)(c1ccccc1)c1ccccc1. The molecule has 6 heteroatoms. The van der Waals surface area contributed by atoms with Gasteiger partial charge in [-0.05, 0) is 42.5 Å². The summed E-state index contributed by atoms with van der Waals surface area (Å²) in [5, 5.41) is 16.9. The molecule has 0 aliphatic carbocycles. The first kappa shape index (κ1) is 22.7. The molecule has 0 radical (unpaired) electrons. The summed E-state index contributed by atoms with van der Waals surface area (Å²) in [4.78, 5) is 20.5. The first-order chi connectivity index (χ1) is 17.2. The van der Waals surface area contributed by atoms with E-state index >= 15 is 0 Å². The standard InChI is InChI=1S/C29H28N4O2/c34-28(29(35,24-13-4-1-5-14-24)25-15-6-2-7-16-25)32-30-21-23-20-22-12-8-9-17-26(22)31-27(23)33-18-10-3-11-19-33/h1-2,4-9,12-17,20-21,35H,3,10-11,18-19H2,(H,32,34)/b30-21+. The Morgan fingerprint density at radius 1 is 0.886 bits per heavy atom. The number of hydrogen-bond donors (Lipinski definition) is 2. The van der Waals surface area contributed by atoms with Crippen LogP contribution in [-0.4, -0.2) is 35.3 Å². The van der Waals surface area contributed by atoms with Gasteiger partial charge in [0.1, 0.15) is 5.82 Å². The summed E-state index contributed by atoms with van der Waals surface area (Å²) in [5.41, 5.74) is 3.40. The van der Waals surface area contributed by atoms with Crippen LogP contribution in [0.4, 0.5) is 5.82 Å². The Bertz CT molecular complexity index is 1290. The maximum Gasteiger partial charge on any atom is 0.281 e. The van der Waals surface area contributed by atoms with E-state index in [-0.39, 0.29) is 0 Å². The van der Waals surface area contributed by atoms with Crippen molar-refractivity contribution >= 4 is 28.8 Å². The minimum absolute atomic E-state index is 0.472. The predicted octanol–water partition coefficient (Wildman–Crippen LogP) is 4.61.